The second-order valence-electron chi connectivity index (χ2n) is 10.7. The first-order valence-electron chi connectivity index (χ1n) is 14.2. The standard InChI is InChI=1S/C30H25N5O10S3/c1-2-45-21-13-15(3-12-20(21)36)23-24-25(28(39)34(27(24)38)17-6-8-18(9-7-17)35(41)42)46-29-26(23)47-30(40)33(29)14-22(37)32-16-4-10-19(11-5-16)48(31,43)44/h3-13,23-25,36H,2,14H2,1H3,(H,32,37)(H2,31,43,44)/t23-,24?,25?/m0/s1. The number of hydrogen-bond acceptors (Lipinski definition) is 12. The normalized spacial score (nSPS) is 18.7. The lowest BCUT2D eigenvalue weighted by atomic mass is 9.83. The average molecular weight is 712 g/mol. The van der Waals surface area contributed by atoms with Gasteiger partial charge in [-0.15, -0.1) is 0 Å². The SMILES string of the molecule is CCOc1cc([C@@H]2c3sc(=O)n(CC(=O)Nc4ccc(S(N)(=O)=O)cc4)c3SC3C(=O)N(c4ccc([N+](=O)[O-])cc4)C(=O)C32)ccc1O. The number of phenols is 1. The second kappa shape index (κ2) is 12.5. The number of sulfonamides is 1. The molecule has 48 heavy (non-hydrogen) atoms. The highest BCUT2D eigenvalue weighted by Crippen LogP contribution is 2.54. The summed E-state index contributed by atoms with van der Waals surface area (Å²) in [5, 5.41) is 28.6. The van der Waals surface area contributed by atoms with Crippen LogP contribution in [0.5, 0.6) is 11.5 Å². The lowest BCUT2D eigenvalue weighted by molar-refractivity contribution is -0.384. The second-order valence-corrected chi connectivity index (χ2v) is 14.4. The molecular weight excluding hydrogens is 687 g/mol. The molecule has 0 bridgehead atoms. The van der Waals surface area contributed by atoms with Crippen molar-refractivity contribution in [3.05, 3.63) is 97.0 Å². The molecule has 4 aromatic rings. The van der Waals surface area contributed by atoms with Crippen molar-refractivity contribution in [3.8, 4) is 11.5 Å². The minimum Gasteiger partial charge on any atom is -0.504 e. The van der Waals surface area contributed by atoms with E-state index in [4.69, 9.17) is 9.88 Å². The van der Waals surface area contributed by atoms with E-state index in [1.807, 2.05) is 0 Å². The number of nitrogens with zero attached hydrogens (tertiary/aromatic N) is 3. The van der Waals surface area contributed by atoms with E-state index in [-0.39, 0.29) is 40.1 Å². The van der Waals surface area contributed by atoms with Gasteiger partial charge in [0.2, 0.25) is 27.7 Å². The maximum absolute atomic E-state index is 14.1. The van der Waals surface area contributed by atoms with Crippen LogP contribution in [-0.4, -0.2) is 52.6 Å². The fraction of sp³-hybridized carbons (Fsp3) is 0.200. The summed E-state index contributed by atoms with van der Waals surface area (Å²) < 4.78 is 29.9. The fourth-order valence-electron chi connectivity index (χ4n) is 5.66. The zero-order chi connectivity index (χ0) is 34.5. The number of fused-ring (bicyclic) bond motifs is 2. The number of carbonyl (C=O) groups excluding carboxylic acids is 3. The minimum atomic E-state index is -3.95. The van der Waals surface area contributed by atoms with Gasteiger partial charge < -0.3 is 15.2 Å². The molecule has 15 nitrogen and oxygen atoms in total. The molecule has 3 aromatic carbocycles. The zero-order valence-electron chi connectivity index (χ0n) is 24.8. The fourth-order valence-corrected chi connectivity index (χ4v) is 8.95. The predicted octanol–water partition coefficient (Wildman–Crippen LogP) is 3.00. The Morgan fingerprint density at radius 1 is 1.06 bits per heavy atom. The van der Waals surface area contributed by atoms with Crippen LogP contribution in [0.15, 0.2) is 81.4 Å². The highest BCUT2D eigenvalue weighted by Gasteiger charge is 2.57. The third-order valence-electron chi connectivity index (χ3n) is 7.78. The number of primary sulfonamides is 1. The van der Waals surface area contributed by atoms with Gasteiger partial charge in [0.25, 0.3) is 5.69 Å². The quantitative estimate of drug-likeness (QED) is 0.130. The van der Waals surface area contributed by atoms with E-state index in [1.54, 1.807) is 19.1 Å². The Labute approximate surface area is 280 Å². The van der Waals surface area contributed by atoms with Crippen LogP contribution < -0.4 is 25.0 Å². The van der Waals surface area contributed by atoms with Crippen LogP contribution in [-0.2, 0) is 31.0 Å². The number of aromatic hydroxyl groups is 1. The van der Waals surface area contributed by atoms with Gasteiger partial charge in [-0.05, 0) is 61.0 Å². The van der Waals surface area contributed by atoms with E-state index in [2.05, 4.69) is 5.32 Å². The Morgan fingerprint density at radius 3 is 2.38 bits per heavy atom. The first kappa shape index (κ1) is 32.9. The average Bonchev–Trinajstić information content (AvgIpc) is 3.48. The van der Waals surface area contributed by atoms with E-state index < -0.39 is 61.2 Å². The maximum Gasteiger partial charge on any atom is 0.308 e. The summed E-state index contributed by atoms with van der Waals surface area (Å²) in [5.74, 6) is -3.70. The molecule has 2 aliphatic heterocycles. The molecule has 248 valence electrons. The maximum atomic E-state index is 14.1. The molecule has 0 radical (unpaired) electrons. The third-order valence-corrected chi connectivity index (χ3v) is 11.3. The van der Waals surface area contributed by atoms with Gasteiger partial charge in [0.05, 0.1) is 33.1 Å². The predicted molar refractivity (Wildman–Crippen MR) is 175 cm³/mol. The lowest BCUT2D eigenvalue weighted by Crippen LogP contribution is -2.33. The molecule has 1 fully saturated rings. The smallest absolute Gasteiger partial charge is 0.308 e. The van der Waals surface area contributed by atoms with Crippen molar-refractivity contribution in [2.24, 2.45) is 11.1 Å². The molecule has 0 saturated carbocycles. The van der Waals surface area contributed by atoms with Gasteiger partial charge in [-0.25, -0.2) is 18.5 Å². The van der Waals surface area contributed by atoms with Gasteiger partial charge >= 0.3 is 4.87 Å². The number of thiazole rings is 1. The number of rotatable bonds is 9. The van der Waals surface area contributed by atoms with Gasteiger partial charge in [0.15, 0.2) is 11.5 Å². The Morgan fingerprint density at radius 2 is 1.75 bits per heavy atom. The van der Waals surface area contributed by atoms with Gasteiger partial charge in [-0.1, -0.05) is 29.2 Å². The molecule has 2 aliphatic rings. The number of imide groups is 1. The topological polar surface area (TPSA) is 221 Å². The number of thioether (sulfide) groups is 1. The van der Waals surface area contributed by atoms with E-state index in [9.17, 15) is 42.8 Å². The Bertz CT molecular complexity index is 2150. The number of nitrogens with one attached hydrogen (secondary N) is 1. The number of aromatic nitrogens is 1. The summed E-state index contributed by atoms with van der Waals surface area (Å²) in [6, 6.07) is 14.6. The zero-order valence-corrected chi connectivity index (χ0v) is 27.2. The highest BCUT2D eigenvalue weighted by molar-refractivity contribution is 8.00. The molecule has 3 heterocycles. The number of ether oxygens (including phenoxy) is 1. The van der Waals surface area contributed by atoms with Crippen molar-refractivity contribution in [1.82, 2.24) is 4.57 Å². The lowest BCUT2D eigenvalue weighted by Gasteiger charge is -2.31. The van der Waals surface area contributed by atoms with Crippen LogP contribution in [0.4, 0.5) is 17.1 Å². The van der Waals surface area contributed by atoms with Crippen molar-refractivity contribution in [2.45, 2.75) is 34.6 Å². The number of nitro benzene ring substituents is 1. The summed E-state index contributed by atoms with van der Waals surface area (Å²) >= 11 is 1.79. The number of non-ortho nitro benzene ring substituents is 1. The Balaban J connectivity index is 1.39. The Hall–Kier alpha value is -5.04. The van der Waals surface area contributed by atoms with Crippen molar-refractivity contribution < 1.29 is 37.6 Å². The first-order valence-corrected chi connectivity index (χ1v) is 17.4. The van der Waals surface area contributed by atoms with Crippen LogP contribution >= 0.6 is 23.1 Å². The van der Waals surface area contributed by atoms with Crippen molar-refractivity contribution in [1.29, 1.82) is 0 Å². The number of benzene rings is 3. The van der Waals surface area contributed by atoms with Crippen LogP contribution in [0.2, 0.25) is 0 Å². The van der Waals surface area contributed by atoms with Crippen LogP contribution in [0, 0.1) is 16.0 Å². The molecular formula is C30H25N5O10S3. The Kier molecular flexibility index (Phi) is 8.58. The number of phenolic OH excluding ortho intramolecular Hbond substituents is 1. The van der Waals surface area contributed by atoms with E-state index in [1.165, 1.54) is 59.2 Å². The van der Waals surface area contributed by atoms with Crippen molar-refractivity contribution in [2.75, 3.05) is 16.8 Å². The van der Waals surface area contributed by atoms with E-state index >= 15 is 0 Å². The summed E-state index contributed by atoms with van der Waals surface area (Å²) in [4.78, 5) is 65.9. The molecule has 6 rings (SSSR count). The number of hydrogen-bond donors (Lipinski definition) is 3. The number of nitro groups is 1. The summed E-state index contributed by atoms with van der Waals surface area (Å²) in [5.41, 5.74) is 0.642. The number of amides is 3. The largest absolute Gasteiger partial charge is 0.504 e. The van der Waals surface area contributed by atoms with Crippen LogP contribution in [0.3, 0.4) is 0 Å². The van der Waals surface area contributed by atoms with Gasteiger partial charge in [-0.2, -0.15) is 0 Å². The highest BCUT2D eigenvalue weighted by atomic mass is 32.2. The summed E-state index contributed by atoms with van der Waals surface area (Å²) in [6.07, 6.45) is 0. The minimum absolute atomic E-state index is 0.134. The molecule has 18 heteroatoms. The van der Waals surface area contributed by atoms with Gasteiger partial charge in [-0.3, -0.25) is 33.9 Å². The first-order chi connectivity index (χ1) is 22.8. The van der Waals surface area contributed by atoms with Gasteiger partial charge in [0.1, 0.15) is 11.8 Å². The molecule has 3 amide bonds. The summed E-state index contributed by atoms with van der Waals surface area (Å²) in [6.45, 7) is 1.49. The van der Waals surface area contributed by atoms with Gasteiger partial charge in [0, 0.05) is 28.6 Å². The van der Waals surface area contributed by atoms with E-state index in [0.717, 1.165) is 28.0 Å². The molecule has 0 aliphatic carbocycles. The molecule has 2 unspecified atom stereocenters. The summed E-state index contributed by atoms with van der Waals surface area (Å²) in [7, 11) is -3.95. The molecule has 1 saturated heterocycles. The number of carbonyl (C=O) groups is 3. The van der Waals surface area contributed by atoms with Crippen LogP contribution in [0.25, 0.3) is 0 Å². The number of nitrogens with two attached hydrogens (primary N) is 1. The molecule has 1 aromatic heterocycles. The van der Waals surface area contributed by atoms with E-state index in [0.29, 0.717) is 15.5 Å². The third kappa shape index (κ3) is 5.94. The molecule has 4 N–H and O–H groups in total. The molecule has 0 spiro atoms. The van der Waals surface area contributed by atoms with Crippen molar-refractivity contribution >= 4 is 67.9 Å². The monoisotopic (exact) mass is 711 g/mol. The van der Waals surface area contributed by atoms with Crippen molar-refractivity contribution in [3.63, 3.8) is 0 Å². The van der Waals surface area contributed by atoms with Crippen LogP contribution in [0.1, 0.15) is 23.3 Å². The number of anilines is 2. The molecule has 3 atom stereocenters.